The van der Waals surface area contributed by atoms with Gasteiger partial charge in [0.2, 0.25) is 0 Å². The molecule has 2 aromatic rings. The molecule has 0 aliphatic rings. The van der Waals surface area contributed by atoms with Gasteiger partial charge in [0.1, 0.15) is 0 Å². The van der Waals surface area contributed by atoms with Gasteiger partial charge in [-0.15, -0.1) is 0 Å². The molecule has 2 nitrogen and oxygen atoms in total. The maximum Gasteiger partial charge on any atom is 0.168 e. The largest absolute Gasteiger partial charge is 0.294 e. The topological polar surface area (TPSA) is 29.4 Å². The van der Waals surface area contributed by atoms with Crippen molar-refractivity contribution in [2.75, 3.05) is 0 Å². The standard InChI is InChI=1S/C15H11BrClNO/c16-12-6-4-11(5-7-12)15(19)8-9-18-14-3-1-2-13(17)10-14/h1-7,9-10H,8H2. The molecule has 4 heteroatoms. The fourth-order valence-electron chi connectivity index (χ4n) is 1.54. The number of carbonyl (C=O) groups excluding carboxylic acids is 1. The van der Waals surface area contributed by atoms with Crippen LogP contribution < -0.4 is 0 Å². The van der Waals surface area contributed by atoms with E-state index in [9.17, 15) is 4.79 Å². The molecule has 0 atom stereocenters. The zero-order chi connectivity index (χ0) is 13.7. The maximum atomic E-state index is 11.9. The molecule has 0 aliphatic heterocycles. The normalized spacial score (nSPS) is 10.8. The van der Waals surface area contributed by atoms with Gasteiger partial charge in [-0.05, 0) is 30.3 Å². The zero-order valence-corrected chi connectivity index (χ0v) is 12.4. The predicted molar refractivity (Wildman–Crippen MR) is 82.7 cm³/mol. The third-order valence-corrected chi connectivity index (χ3v) is 3.26. The SMILES string of the molecule is O=C(CC=Nc1cccc(Cl)c1)c1ccc(Br)cc1. The Morgan fingerprint density at radius 3 is 2.63 bits per heavy atom. The first-order valence-electron chi connectivity index (χ1n) is 5.72. The van der Waals surface area contributed by atoms with E-state index in [0.29, 0.717) is 10.6 Å². The van der Waals surface area contributed by atoms with Crippen LogP contribution in [-0.2, 0) is 0 Å². The molecule has 0 heterocycles. The number of benzene rings is 2. The maximum absolute atomic E-state index is 11.9. The van der Waals surface area contributed by atoms with Gasteiger partial charge in [0.25, 0.3) is 0 Å². The molecule has 0 N–H and O–H groups in total. The Morgan fingerprint density at radius 2 is 1.95 bits per heavy atom. The van der Waals surface area contributed by atoms with Gasteiger partial charge in [0.05, 0.1) is 5.69 Å². The number of hydrogen-bond acceptors (Lipinski definition) is 2. The van der Waals surface area contributed by atoms with Crippen molar-refractivity contribution >= 4 is 45.2 Å². The Hall–Kier alpha value is -1.45. The fourth-order valence-corrected chi connectivity index (χ4v) is 1.99. The predicted octanol–water partition coefficient (Wildman–Crippen LogP) is 5.08. The Morgan fingerprint density at radius 1 is 1.21 bits per heavy atom. The van der Waals surface area contributed by atoms with Crippen LogP contribution in [0.25, 0.3) is 0 Å². The second-order valence-corrected chi connectivity index (χ2v) is 5.28. The van der Waals surface area contributed by atoms with E-state index in [1.165, 1.54) is 0 Å². The number of nitrogens with zero attached hydrogens (tertiary/aromatic N) is 1. The van der Waals surface area contributed by atoms with E-state index in [1.807, 2.05) is 24.3 Å². The molecule has 19 heavy (non-hydrogen) atoms. The summed E-state index contributed by atoms with van der Waals surface area (Å²) in [6.07, 6.45) is 1.88. The van der Waals surface area contributed by atoms with E-state index in [1.54, 1.807) is 30.5 Å². The first-order valence-corrected chi connectivity index (χ1v) is 6.89. The molecule has 0 amide bonds. The van der Waals surface area contributed by atoms with Gasteiger partial charge in [0, 0.05) is 27.7 Å². The Balaban J connectivity index is 1.98. The zero-order valence-electron chi connectivity index (χ0n) is 10.0. The van der Waals surface area contributed by atoms with Crippen LogP contribution in [0.1, 0.15) is 16.8 Å². The lowest BCUT2D eigenvalue weighted by atomic mass is 10.1. The highest BCUT2D eigenvalue weighted by Crippen LogP contribution is 2.17. The summed E-state index contributed by atoms with van der Waals surface area (Å²) in [6, 6.07) is 14.5. The van der Waals surface area contributed by atoms with Gasteiger partial charge in [-0.1, -0.05) is 45.7 Å². The Bertz CT molecular complexity index is 608. The summed E-state index contributed by atoms with van der Waals surface area (Å²) in [5.41, 5.74) is 1.43. The first kappa shape index (κ1) is 14.0. The molecule has 0 bridgehead atoms. The van der Waals surface area contributed by atoms with Crippen LogP contribution in [0.4, 0.5) is 5.69 Å². The highest BCUT2D eigenvalue weighted by molar-refractivity contribution is 9.10. The van der Waals surface area contributed by atoms with E-state index in [2.05, 4.69) is 20.9 Å². The summed E-state index contributed by atoms with van der Waals surface area (Å²) < 4.78 is 0.955. The van der Waals surface area contributed by atoms with Gasteiger partial charge in [-0.3, -0.25) is 9.79 Å². The van der Waals surface area contributed by atoms with Gasteiger partial charge < -0.3 is 0 Å². The second kappa shape index (κ2) is 6.64. The second-order valence-electron chi connectivity index (χ2n) is 3.93. The van der Waals surface area contributed by atoms with Crippen molar-refractivity contribution in [1.82, 2.24) is 0 Å². The van der Waals surface area contributed by atoms with E-state index in [4.69, 9.17) is 11.6 Å². The van der Waals surface area contributed by atoms with E-state index in [-0.39, 0.29) is 12.2 Å². The minimum absolute atomic E-state index is 0.0401. The third kappa shape index (κ3) is 4.30. The van der Waals surface area contributed by atoms with Crippen molar-refractivity contribution in [1.29, 1.82) is 0 Å². The van der Waals surface area contributed by atoms with E-state index >= 15 is 0 Å². The lowest BCUT2D eigenvalue weighted by Gasteiger charge is -1.98. The number of hydrogen-bond donors (Lipinski definition) is 0. The molecule has 0 saturated heterocycles. The van der Waals surface area contributed by atoms with Crippen LogP contribution in [0.5, 0.6) is 0 Å². The van der Waals surface area contributed by atoms with Crippen molar-refractivity contribution in [3.63, 3.8) is 0 Å². The molecule has 0 aromatic heterocycles. The van der Waals surface area contributed by atoms with Crippen LogP contribution >= 0.6 is 27.5 Å². The molecular weight excluding hydrogens is 326 g/mol. The fraction of sp³-hybridized carbons (Fsp3) is 0.0667. The van der Waals surface area contributed by atoms with E-state index < -0.39 is 0 Å². The molecule has 0 spiro atoms. The summed E-state index contributed by atoms with van der Waals surface area (Å²) in [7, 11) is 0. The average Bonchev–Trinajstić information content (AvgIpc) is 2.39. The van der Waals surface area contributed by atoms with Gasteiger partial charge in [-0.25, -0.2) is 0 Å². The monoisotopic (exact) mass is 335 g/mol. The highest BCUT2D eigenvalue weighted by atomic mass is 79.9. The number of aliphatic imine (C=N–C) groups is 1. The number of rotatable bonds is 4. The molecular formula is C15H11BrClNO. The lowest BCUT2D eigenvalue weighted by molar-refractivity contribution is 0.100. The van der Waals surface area contributed by atoms with Crippen LogP contribution in [0.15, 0.2) is 58.0 Å². The molecule has 0 unspecified atom stereocenters. The van der Waals surface area contributed by atoms with Gasteiger partial charge in [-0.2, -0.15) is 0 Å². The summed E-state index contributed by atoms with van der Waals surface area (Å²) in [5, 5.41) is 0.633. The van der Waals surface area contributed by atoms with Crippen molar-refractivity contribution in [3.8, 4) is 0 Å². The first-order chi connectivity index (χ1) is 9.15. The Kier molecular flexibility index (Phi) is 4.88. The molecule has 0 saturated carbocycles. The van der Waals surface area contributed by atoms with Crippen molar-refractivity contribution in [2.45, 2.75) is 6.42 Å². The quantitative estimate of drug-likeness (QED) is 0.565. The van der Waals surface area contributed by atoms with Crippen molar-refractivity contribution < 1.29 is 4.79 Å². The minimum Gasteiger partial charge on any atom is -0.294 e. The smallest absolute Gasteiger partial charge is 0.168 e. The summed E-state index contributed by atoms with van der Waals surface area (Å²) in [5.74, 6) is 0.0401. The number of ketones is 1. The molecule has 0 aliphatic carbocycles. The van der Waals surface area contributed by atoms with E-state index in [0.717, 1.165) is 10.2 Å². The molecule has 2 rings (SSSR count). The van der Waals surface area contributed by atoms with Gasteiger partial charge >= 0.3 is 0 Å². The summed E-state index contributed by atoms with van der Waals surface area (Å²) in [6.45, 7) is 0. The number of Topliss-reactive ketones (excluding diaryl/α,β-unsaturated/α-hetero) is 1. The third-order valence-electron chi connectivity index (χ3n) is 2.49. The number of carbonyl (C=O) groups is 1. The molecule has 0 radical (unpaired) electrons. The summed E-state index contributed by atoms with van der Waals surface area (Å²) in [4.78, 5) is 16.1. The molecule has 96 valence electrons. The highest BCUT2D eigenvalue weighted by Gasteiger charge is 2.03. The van der Waals surface area contributed by atoms with Crippen LogP contribution in [-0.4, -0.2) is 12.0 Å². The van der Waals surface area contributed by atoms with Crippen molar-refractivity contribution in [3.05, 3.63) is 63.6 Å². The molecule has 0 fully saturated rings. The van der Waals surface area contributed by atoms with Crippen LogP contribution in [0, 0.1) is 0 Å². The Labute approximate surface area is 125 Å². The van der Waals surface area contributed by atoms with Crippen LogP contribution in [0.3, 0.4) is 0 Å². The average molecular weight is 337 g/mol. The minimum atomic E-state index is 0.0401. The van der Waals surface area contributed by atoms with Gasteiger partial charge in [0.15, 0.2) is 5.78 Å². The number of halogens is 2. The molecule has 2 aromatic carbocycles. The van der Waals surface area contributed by atoms with Crippen molar-refractivity contribution in [2.24, 2.45) is 4.99 Å². The van der Waals surface area contributed by atoms with Crippen LogP contribution in [0.2, 0.25) is 5.02 Å². The lowest BCUT2D eigenvalue weighted by Crippen LogP contribution is -1.98. The summed E-state index contributed by atoms with van der Waals surface area (Å²) >= 11 is 9.19.